The predicted molar refractivity (Wildman–Crippen MR) is 157 cm³/mol. The van der Waals surface area contributed by atoms with Crippen LogP contribution in [-0.4, -0.2) is 54.4 Å². The van der Waals surface area contributed by atoms with Crippen molar-refractivity contribution in [2.75, 3.05) is 21.3 Å². The maximum Gasteiger partial charge on any atom is 0.336 e. The minimum Gasteiger partial charge on any atom is -0.496 e. The third-order valence-electron chi connectivity index (χ3n) is 8.20. The van der Waals surface area contributed by atoms with Gasteiger partial charge in [0.25, 0.3) is 0 Å². The summed E-state index contributed by atoms with van der Waals surface area (Å²) in [5.41, 5.74) is 0.132. The first-order chi connectivity index (χ1) is 21.2. The van der Waals surface area contributed by atoms with Crippen LogP contribution < -0.4 is 24.3 Å². The number of nitrogens with zero attached hydrogens (tertiary/aromatic N) is 2. The number of fused-ring (bicyclic) bond motifs is 1. The number of hydrogen-bond acceptors (Lipinski definition) is 11. The summed E-state index contributed by atoms with van der Waals surface area (Å²) in [6.45, 7) is 3.51. The van der Waals surface area contributed by atoms with E-state index in [4.69, 9.17) is 35.3 Å². The number of nitrogens with one attached hydrogen (secondary N) is 1. The van der Waals surface area contributed by atoms with Gasteiger partial charge in [0.1, 0.15) is 27.8 Å². The molecule has 6 rings (SSSR count). The Hall–Kier alpha value is -4.90. The minimum absolute atomic E-state index is 0.00982. The summed E-state index contributed by atoms with van der Waals surface area (Å²) in [6.07, 6.45) is 3.35. The van der Waals surface area contributed by atoms with E-state index >= 15 is 0 Å². The van der Waals surface area contributed by atoms with Crippen molar-refractivity contribution in [1.29, 1.82) is 0 Å². The van der Waals surface area contributed by atoms with Gasteiger partial charge in [0.15, 0.2) is 5.75 Å². The number of dihydropyridines is 1. The molecule has 0 saturated heterocycles. The lowest BCUT2D eigenvalue weighted by Crippen LogP contribution is -2.58. The Morgan fingerprint density at radius 1 is 1.05 bits per heavy atom. The Balaban J connectivity index is 1.50. The monoisotopic (exact) mass is 617 g/mol. The normalized spacial score (nSPS) is 22.2. The summed E-state index contributed by atoms with van der Waals surface area (Å²) in [6, 6.07) is 10.2. The van der Waals surface area contributed by atoms with Gasteiger partial charge in [-0.2, -0.15) is 0 Å². The first kappa shape index (κ1) is 29.2. The molecule has 0 unspecified atom stereocenters. The van der Waals surface area contributed by atoms with Gasteiger partial charge in [0, 0.05) is 47.3 Å². The van der Waals surface area contributed by atoms with E-state index in [9.17, 15) is 14.4 Å². The van der Waals surface area contributed by atoms with Crippen LogP contribution >= 0.6 is 11.6 Å². The van der Waals surface area contributed by atoms with E-state index in [2.05, 4.69) is 15.3 Å². The van der Waals surface area contributed by atoms with Gasteiger partial charge < -0.3 is 29.0 Å². The highest BCUT2D eigenvalue weighted by atomic mass is 35.5. The van der Waals surface area contributed by atoms with E-state index in [1.54, 1.807) is 56.6 Å². The first-order valence-electron chi connectivity index (χ1n) is 13.7. The molecule has 11 nitrogen and oxygen atoms in total. The van der Waals surface area contributed by atoms with Crippen molar-refractivity contribution in [3.63, 3.8) is 0 Å². The van der Waals surface area contributed by atoms with E-state index in [0.717, 1.165) is 0 Å². The number of esters is 1. The lowest BCUT2D eigenvalue weighted by Gasteiger charge is -2.42. The van der Waals surface area contributed by atoms with Crippen molar-refractivity contribution in [3.05, 3.63) is 87.5 Å². The van der Waals surface area contributed by atoms with Crippen LogP contribution in [0.5, 0.6) is 29.0 Å². The second-order valence-corrected chi connectivity index (χ2v) is 11.0. The Morgan fingerprint density at radius 3 is 2.45 bits per heavy atom. The summed E-state index contributed by atoms with van der Waals surface area (Å²) < 4.78 is 28.2. The number of carbonyl (C=O) groups excluding carboxylic acids is 3. The molecule has 1 N–H and O–H groups in total. The minimum atomic E-state index is -1.97. The zero-order valence-corrected chi connectivity index (χ0v) is 25.3. The highest BCUT2D eigenvalue weighted by Gasteiger charge is 2.63. The molecule has 1 aliphatic carbocycles. The third-order valence-corrected chi connectivity index (χ3v) is 8.56. The fourth-order valence-electron chi connectivity index (χ4n) is 6.19. The number of aromatic nitrogens is 2. The van der Waals surface area contributed by atoms with Gasteiger partial charge in [-0.1, -0.05) is 30.7 Å². The van der Waals surface area contributed by atoms with Crippen LogP contribution in [0.4, 0.5) is 0 Å². The number of methoxy groups -OCH3 is 3. The fraction of sp³-hybridized carbons (Fsp3) is 0.281. The molecule has 12 heteroatoms. The van der Waals surface area contributed by atoms with Gasteiger partial charge in [-0.15, -0.1) is 0 Å². The molecular formula is C32H28ClN3O8. The quantitative estimate of drug-likeness (QED) is 0.297. The lowest BCUT2D eigenvalue weighted by molar-refractivity contribution is -0.136. The average Bonchev–Trinajstić information content (AvgIpc) is 3.34. The van der Waals surface area contributed by atoms with Crippen LogP contribution in [0.3, 0.4) is 0 Å². The average molecular weight is 618 g/mol. The van der Waals surface area contributed by atoms with E-state index in [-0.39, 0.29) is 51.4 Å². The zero-order chi connectivity index (χ0) is 31.3. The van der Waals surface area contributed by atoms with Gasteiger partial charge in [-0.25, -0.2) is 14.8 Å². The largest absolute Gasteiger partial charge is 0.496 e. The van der Waals surface area contributed by atoms with E-state index < -0.39 is 35.0 Å². The molecule has 2 aliphatic heterocycles. The molecular weight excluding hydrogens is 590 g/mol. The molecule has 3 atom stereocenters. The van der Waals surface area contributed by atoms with Gasteiger partial charge in [-0.3, -0.25) is 9.59 Å². The van der Waals surface area contributed by atoms with Crippen molar-refractivity contribution in [2.24, 2.45) is 5.92 Å². The van der Waals surface area contributed by atoms with Crippen molar-refractivity contribution >= 4 is 29.1 Å². The van der Waals surface area contributed by atoms with E-state index in [1.807, 2.05) is 0 Å². The molecule has 0 bridgehead atoms. The first-order valence-corrected chi connectivity index (χ1v) is 14.1. The van der Waals surface area contributed by atoms with Crippen LogP contribution in [0.15, 0.2) is 71.3 Å². The number of hydrogen-bond donors (Lipinski definition) is 1. The van der Waals surface area contributed by atoms with Crippen LogP contribution in [0.2, 0.25) is 5.02 Å². The second-order valence-electron chi connectivity index (χ2n) is 10.6. The van der Waals surface area contributed by atoms with Crippen LogP contribution in [-0.2, 0) is 14.3 Å². The summed E-state index contributed by atoms with van der Waals surface area (Å²) in [7, 11) is 4.10. The highest BCUT2D eigenvalue weighted by molar-refractivity contribution is 6.36. The SMILES string of the molecule is COC(=O)C1=C(C)NC2=C(C(=O)[C@@]3(Oc4c(Cl)c(OC)cc(OC)c4C3=O)[C@H](C)C2)[C@H]1c1cccc(Oc2ncccn2)c1. The Morgan fingerprint density at radius 2 is 1.77 bits per heavy atom. The van der Waals surface area contributed by atoms with Crippen molar-refractivity contribution in [1.82, 2.24) is 15.3 Å². The number of ketones is 2. The van der Waals surface area contributed by atoms with Gasteiger partial charge in [0.05, 0.1) is 26.9 Å². The summed E-state index contributed by atoms with van der Waals surface area (Å²) in [5, 5.41) is 3.29. The molecule has 3 aliphatic rings. The maximum absolute atomic E-state index is 14.9. The Bertz CT molecular complexity index is 1790. The molecule has 0 saturated carbocycles. The van der Waals surface area contributed by atoms with E-state index in [1.165, 1.54) is 27.4 Å². The molecule has 2 aromatic carbocycles. The molecule has 3 aromatic rings. The van der Waals surface area contributed by atoms with Crippen LogP contribution in [0, 0.1) is 5.92 Å². The molecule has 0 radical (unpaired) electrons. The van der Waals surface area contributed by atoms with Gasteiger partial charge >= 0.3 is 12.0 Å². The smallest absolute Gasteiger partial charge is 0.336 e. The number of Topliss-reactive ketones (excluding diaryl/α,β-unsaturated/α-hetero) is 2. The lowest BCUT2D eigenvalue weighted by atomic mass is 9.65. The van der Waals surface area contributed by atoms with Crippen molar-refractivity contribution in [2.45, 2.75) is 31.8 Å². The van der Waals surface area contributed by atoms with Crippen LogP contribution in [0.1, 0.15) is 42.1 Å². The van der Waals surface area contributed by atoms with Crippen molar-refractivity contribution < 1.29 is 38.1 Å². The number of carbonyl (C=O) groups is 3. The summed E-state index contributed by atoms with van der Waals surface area (Å²) in [4.78, 5) is 50.7. The van der Waals surface area contributed by atoms with E-state index in [0.29, 0.717) is 22.7 Å². The van der Waals surface area contributed by atoms with Gasteiger partial charge in [-0.05, 0) is 37.1 Å². The zero-order valence-electron chi connectivity index (χ0n) is 24.5. The molecule has 226 valence electrons. The van der Waals surface area contributed by atoms with Crippen LogP contribution in [0.25, 0.3) is 0 Å². The topological polar surface area (TPSA) is 135 Å². The molecule has 3 heterocycles. The Kier molecular flexibility index (Phi) is 7.28. The maximum atomic E-state index is 14.9. The number of allylic oxidation sites excluding steroid dienone is 2. The highest BCUT2D eigenvalue weighted by Crippen LogP contribution is 2.56. The number of ether oxygens (including phenoxy) is 5. The molecule has 0 amide bonds. The van der Waals surface area contributed by atoms with Gasteiger partial charge in [0.2, 0.25) is 17.2 Å². The Labute approximate surface area is 257 Å². The summed E-state index contributed by atoms with van der Waals surface area (Å²) in [5.74, 6) is -2.59. The van der Waals surface area contributed by atoms with Crippen molar-refractivity contribution in [3.8, 4) is 29.0 Å². The standard InChI is InChI=1S/C32H28ClN3O8/c1-15-12-19-24(28(37)32(15)29(38)25-20(40-3)14-21(41-4)26(33)27(25)44-32)23(22(16(2)36-19)30(39)42-5)17-8-6-9-18(13-17)43-31-34-10-7-11-35-31/h6-11,13-15,23,36H,12H2,1-5H3/t15-,23+,32+/m1/s1. The summed E-state index contributed by atoms with van der Waals surface area (Å²) >= 11 is 6.61. The second kappa shape index (κ2) is 11.0. The molecule has 44 heavy (non-hydrogen) atoms. The molecule has 1 aromatic heterocycles. The predicted octanol–water partition coefficient (Wildman–Crippen LogP) is 4.95. The number of benzene rings is 2. The molecule has 0 fully saturated rings. The number of rotatable bonds is 6. The molecule has 1 spiro atoms. The fourth-order valence-corrected chi connectivity index (χ4v) is 6.45. The number of halogens is 1. The third kappa shape index (κ3) is 4.29.